The van der Waals surface area contributed by atoms with Crippen molar-refractivity contribution in [1.82, 2.24) is 23.6 Å². The van der Waals surface area contributed by atoms with Crippen LogP contribution in [0.3, 0.4) is 0 Å². The molecule has 0 radical (unpaired) electrons. The summed E-state index contributed by atoms with van der Waals surface area (Å²) in [5.41, 5.74) is 1.43. The number of nitrogens with zero attached hydrogens (tertiary/aromatic N) is 5. The topological polar surface area (TPSA) is 65.1 Å². The van der Waals surface area contributed by atoms with E-state index in [1.807, 2.05) is 34.9 Å². The van der Waals surface area contributed by atoms with Gasteiger partial charge in [-0.2, -0.15) is 0 Å². The van der Waals surface area contributed by atoms with Crippen molar-refractivity contribution < 1.29 is 0 Å². The molecule has 0 unspecified atom stereocenters. The van der Waals surface area contributed by atoms with Crippen molar-refractivity contribution >= 4 is 11.2 Å². The molecule has 7 nitrogen and oxygen atoms in total. The molecule has 1 aliphatic heterocycles. The molecule has 0 atom stereocenters. The van der Waals surface area contributed by atoms with Crippen LogP contribution in [0.15, 0.2) is 39.9 Å². The maximum absolute atomic E-state index is 12.9. The highest BCUT2D eigenvalue weighted by Crippen LogP contribution is 2.18. The third-order valence-corrected chi connectivity index (χ3v) is 5.42. The molecule has 3 heterocycles. The lowest BCUT2D eigenvalue weighted by Crippen LogP contribution is -2.37. The van der Waals surface area contributed by atoms with Crippen molar-refractivity contribution in [2.75, 3.05) is 13.1 Å². The highest BCUT2D eigenvalue weighted by molar-refractivity contribution is 5.71. The van der Waals surface area contributed by atoms with E-state index in [1.165, 1.54) is 30.9 Å². The van der Waals surface area contributed by atoms with Gasteiger partial charge in [0.25, 0.3) is 5.56 Å². The summed E-state index contributed by atoms with van der Waals surface area (Å²) in [5.74, 6) is 0.842. The van der Waals surface area contributed by atoms with Crippen LogP contribution < -0.4 is 11.2 Å². The maximum atomic E-state index is 12.9. The van der Waals surface area contributed by atoms with E-state index < -0.39 is 0 Å². The van der Waals surface area contributed by atoms with Gasteiger partial charge in [0.2, 0.25) is 0 Å². The van der Waals surface area contributed by atoms with Gasteiger partial charge in [-0.3, -0.25) is 18.8 Å². The summed E-state index contributed by atoms with van der Waals surface area (Å²) in [6.45, 7) is 3.35. The van der Waals surface area contributed by atoms with Crippen LogP contribution in [0.5, 0.6) is 0 Å². The van der Waals surface area contributed by atoms with Gasteiger partial charge in [-0.15, -0.1) is 0 Å². The van der Waals surface area contributed by atoms with Gasteiger partial charge in [-0.05, 0) is 31.5 Å². The van der Waals surface area contributed by atoms with Gasteiger partial charge in [-0.1, -0.05) is 36.8 Å². The van der Waals surface area contributed by atoms with E-state index in [4.69, 9.17) is 4.98 Å². The van der Waals surface area contributed by atoms with E-state index >= 15 is 0 Å². The van der Waals surface area contributed by atoms with Crippen molar-refractivity contribution in [2.45, 2.75) is 32.4 Å². The van der Waals surface area contributed by atoms with Gasteiger partial charge in [0.15, 0.2) is 11.2 Å². The highest BCUT2D eigenvalue weighted by atomic mass is 16.2. The maximum Gasteiger partial charge on any atom is 0.332 e. The van der Waals surface area contributed by atoms with Crippen molar-refractivity contribution in [3.8, 4) is 0 Å². The number of aromatic nitrogens is 4. The second kappa shape index (κ2) is 7.15. The van der Waals surface area contributed by atoms with Gasteiger partial charge in [0.05, 0.1) is 6.54 Å². The zero-order chi connectivity index (χ0) is 19.0. The number of rotatable bonds is 4. The molecule has 0 spiro atoms. The zero-order valence-electron chi connectivity index (χ0n) is 15.9. The first kappa shape index (κ1) is 17.7. The second-order valence-corrected chi connectivity index (χ2v) is 7.31. The average molecular weight is 367 g/mol. The fraction of sp³-hybridized carbons (Fsp3) is 0.450. The standard InChI is InChI=1S/C20H25N5O2/c1-22-18-17(19(26)23(2)20(22)27)25(13-15-9-5-3-6-10-15)16(21-18)14-24-11-7-4-8-12-24/h3,5-6,9-10H,4,7-8,11-14H2,1-2H3. The molecule has 1 aliphatic rings. The third-order valence-electron chi connectivity index (χ3n) is 5.42. The Hall–Kier alpha value is -2.67. The lowest BCUT2D eigenvalue weighted by Gasteiger charge is -2.26. The SMILES string of the molecule is Cn1c(=O)c2c(nc(CN3CCCCC3)n2Cc2ccccc2)n(C)c1=O. The minimum absolute atomic E-state index is 0.290. The summed E-state index contributed by atoms with van der Waals surface area (Å²) < 4.78 is 4.62. The minimum atomic E-state index is -0.346. The Balaban J connectivity index is 1.88. The predicted molar refractivity (Wildman–Crippen MR) is 105 cm³/mol. The zero-order valence-corrected chi connectivity index (χ0v) is 15.9. The highest BCUT2D eigenvalue weighted by Gasteiger charge is 2.21. The number of piperidine rings is 1. The van der Waals surface area contributed by atoms with Gasteiger partial charge >= 0.3 is 5.69 Å². The largest absolute Gasteiger partial charge is 0.332 e. The van der Waals surface area contributed by atoms with E-state index in [9.17, 15) is 9.59 Å². The summed E-state index contributed by atoms with van der Waals surface area (Å²) >= 11 is 0. The number of imidazole rings is 1. The van der Waals surface area contributed by atoms with E-state index in [1.54, 1.807) is 7.05 Å². The molecule has 2 aromatic heterocycles. The third kappa shape index (κ3) is 3.23. The first-order valence-electron chi connectivity index (χ1n) is 9.47. The summed E-state index contributed by atoms with van der Waals surface area (Å²) in [4.78, 5) is 32.4. The van der Waals surface area contributed by atoms with Gasteiger partial charge in [-0.25, -0.2) is 9.78 Å². The lowest BCUT2D eigenvalue weighted by molar-refractivity contribution is 0.214. The summed E-state index contributed by atoms with van der Waals surface area (Å²) in [6.07, 6.45) is 3.66. The minimum Gasteiger partial charge on any atom is -0.317 e. The number of likely N-dealkylation sites (tertiary alicyclic amines) is 1. The van der Waals surface area contributed by atoms with Crippen LogP contribution in [0.1, 0.15) is 30.7 Å². The summed E-state index contributed by atoms with van der Waals surface area (Å²) in [5, 5.41) is 0. The normalized spacial score (nSPS) is 15.5. The van der Waals surface area contributed by atoms with Crippen molar-refractivity contribution in [2.24, 2.45) is 14.1 Å². The molecule has 0 amide bonds. The van der Waals surface area contributed by atoms with Crippen LogP contribution >= 0.6 is 0 Å². The van der Waals surface area contributed by atoms with Crippen LogP contribution in [-0.4, -0.2) is 36.7 Å². The van der Waals surface area contributed by atoms with Gasteiger partial charge in [0.1, 0.15) is 5.82 Å². The Morgan fingerprint density at radius 1 is 0.926 bits per heavy atom. The van der Waals surface area contributed by atoms with E-state index in [0.717, 1.165) is 29.0 Å². The number of fused-ring (bicyclic) bond motifs is 1. The van der Waals surface area contributed by atoms with Crippen LogP contribution in [0.2, 0.25) is 0 Å². The molecule has 1 saturated heterocycles. The number of benzene rings is 1. The predicted octanol–water partition coefficient (Wildman–Crippen LogP) is 1.47. The Kier molecular flexibility index (Phi) is 4.70. The fourth-order valence-corrected chi connectivity index (χ4v) is 3.87. The van der Waals surface area contributed by atoms with Crippen molar-refractivity contribution in [1.29, 1.82) is 0 Å². The molecule has 3 aromatic rings. The van der Waals surface area contributed by atoms with E-state index in [2.05, 4.69) is 4.90 Å². The van der Waals surface area contributed by atoms with Crippen LogP contribution in [0.4, 0.5) is 0 Å². The first-order chi connectivity index (χ1) is 13.1. The monoisotopic (exact) mass is 367 g/mol. The molecule has 4 rings (SSSR count). The molecule has 0 aliphatic carbocycles. The second-order valence-electron chi connectivity index (χ2n) is 7.31. The van der Waals surface area contributed by atoms with Crippen LogP contribution in [0.25, 0.3) is 11.2 Å². The van der Waals surface area contributed by atoms with E-state index in [0.29, 0.717) is 24.3 Å². The Morgan fingerprint density at radius 2 is 1.63 bits per heavy atom. The quantitative estimate of drug-likeness (QED) is 0.700. The van der Waals surface area contributed by atoms with Crippen molar-refractivity contribution in [3.05, 3.63) is 62.6 Å². The Morgan fingerprint density at radius 3 is 2.33 bits per heavy atom. The lowest BCUT2D eigenvalue weighted by atomic mass is 10.1. The molecular formula is C20H25N5O2. The molecule has 0 N–H and O–H groups in total. The molecule has 142 valence electrons. The summed E-state index contributed by atoms with van der Waals surface area (Å²) in [6, 6.07) is 10.1. The molecule has 7 heteroatoms. The fourth-order valence-electron chi connectivity index (χ4n) is 3.87. The molecule has 0 bridgehead atoms. The molecule has 1 fully saturated rings. The number of aryl methyl sites for hydroxylation is 1. The van der Waals surface area contributed by atoms with Crippen LogP contribution in [-0.2, 0) is 27.2 Å². The van der Waals surface area contributed by atoms with Gasteiger partial charge < -0.3 is 4.57 Å². The van der Waals surface area contributed by atoms with Crippen molar-refractivity contribution in [3.63, 3.8) is 0 Å². The Bertz CT molecular complexity index is 1070. The molecule has 27 heavy (non-hydrogen) atoms. The number of hydrogen-bond acceptors (Lipinski definition) is 4. The number of hydrogen-bond donors (Lipinski definition) is 0. The average Bonchev–Trinajstić information content (AvgIpc) is 3.04. The van der Waals surface area contributed by atoms with E-state index in [-0.39, 0.29) is 11.2 Å². The summed E-state index contributed by atoms with van der Waals surface area (Å²) in [7, 11) is 3.20. The van der Waals surface area contributed by atoms with Gasteiger partial charge in [0, 0.05) is 20.6 Å². The first-order valence-corrected chi connectivity index (χ1v) is 9.47. The smallest absolute Gasteiger partial charge is 0.317 e. The molecule has 0 saturated carbocycles. The Labute approximate surface area is 157 Å². The molecular weight excluding hydrogens is 342 g/mol. The molecule has 1 aromatic carbocycles. The van der Waals surface area contributed by atoms with Crippen LogP contribution in [0, 0.1) is 0 Å².